The minimum atomic E-state index is 0.294. The first-order valence-corrected chi connectivity index (χ1v) is 5.66. The van der Waals surface area contributed by atoms with Crippen LogP contribution in [-0.2, 0) is 0 Å². The predicted molar refractivity (Wildman–Crippen MR) is 60.0 cm³/mol. The summed E-state index contributed by atoms with van der Waals surface area (Å²) in [6.07, 6.45) is 5.85. The molecule has 1 aromatic rings. The average molecular weight is 226 g/mol. The first-order valence-electron chi connectivity index (χ1n) is 4.68. The van der Waals surface area contributed by atoms with Crippen molar-refractivity contribution in [1.29, 1.82) is 0 Å². The van der Waals surface area contributed by atoms with Gasteiger partial charge in [0.1, 0.15) is 12.2 Å². The molecule has 0 atom stereocenters. The average Bonchev–Trinajstić information content (AvgIpc) is 2.29. The van der Waals surface area contributed by atoms with Gasteiger partial charge in [-0.3, -0.25) is 0 Å². The van der Waals surface area contributed by atoms with E-state index in [2.05, 4.69) is 15.1 Å². The van der Waals surface area contributed by atoms with Crippen molar-refractivity contribution in [3.63, 3.8) is 0 Å². The Balaban J connectivity index is 2.08. The van der Waals surface area contributed by atoms with Crippen molar-refractivity contribution in [3.8, 4) is 0 Å². The van der Waals surface area contributed by atoms with Crippen LogP contribution >= 0.6 is 11.8 Å². The Labute approximate surface area is 92.8 Å². The van der Waals surface area contributed by atoms with Crippen molar-refractivity contribution in [2.24, 2.45) is 10.9 Å². The van der Waals surface area contributed by atoms with Crippen LogP contribution < -0.4 is 5.73 Å². The molecule has 6 heteroatoms. The molecule has 0 aliphatic rings. The highest BCUT2D eigenvalue weighted by molar-refractivity contribution is 7.99. The Kier molecular flexibility index (Phi) is 5.54. The smallest absolute Gasteiger partial charge is 0.139 e. The van der Waals surface area contributed by atoms with Crippen molar-refractivity contribution < 1.29 is 5.21 Å². The zero-order valence-electron chi connectivity index (χ0n) is 8.33. The molecule has 0 aliphatic carbocycles. The topological polar surface area (TPSA) is 84.4 Å². The molecule has 0 saturated carbocycles. The van der Waals surface area contributed by atoms with E-state index in [4.69, 9.17) is 10.9 Å². The summed E-state index contributed by atoms with van der Waals surface area (Å²) in [4.78, 5) is 7.93. The third kappa shape index (κ3) is 5.21. The Hall–Kier alpha value is -1.30. The molecule has 0 saturated heterocycles. The van der Waals surface area contributed by atoms with E-state index in [1.807, 2.05) is 6.07 Å². The highest BCUT2D eigenvalue weighted by Crippen LogP contribution is 2.15. The van der Waals surface area contributed by atoms with Crippen LogP contribution in [0.5, 0.6) is 0 Å². The third-order valence-corrected chi connectivity index (χ3v) is 2.79. The Morgan fingerprint density at radius 1 is 1.53 bits per heavy atom. The fourth-order valence-electron chi connectivity index (χ4n) is 0.999. The monoisotopic (exact) mass is 226 g/mol. The molecule has 1 heterocycles. The normalized spacial score (nSPS) is 11.6. The standard InChI is InChI=1S/C9H14N4OS/c10-8(13-14)3-1-2-6-15-9-4-5-11-7-12-9/h4-5,7,14H,1-3,6H2,(H2,10,13). The Bertz CT molecular complexity index is 304. The van der Waals surface area contributed by atoms with Gasteiger partial charge in [0.15, 0.2) is 0 Å². The van der Waals surface area contributed by atoms with E-state index < -0.39 is 0 Å². The number of amidine groups is 1. The lowest BCUT2D eigenvalue weighted by atomic mass is 10.2. The van der Waals surface area contributed by atoms with E-state index in [9.17, 15) is 0 Å². The van der Waals surface area contributed by atoms with Crippen molar-refractivity contribution >= 4 is 17.6 Å². The molecule has 0 bridgehead atoms. The maximum atomic E-state index is 8.31. The maximum absolute atomic E-state index is 8.31. The maximum Gasteiger partial charge on any atom is 0.139 e. The molecule has 3 N–H and O–H groups in total. The first kappa shape index (κ1) is 11.8. The van der Waals surface area contributed by atoms with Crippen LogP contribution in [0.15, 0.2) is 28.8 Å². The summed E-state index contributed by atoms with van der Waals surface area (Å²) in [6, 6.07) is 1.88. The summed E-state index contributed by atoms with van der Waals surface area (Å²) < 4.78 is 0. The minimum Gasteiger partial charge on any atom is -0.409 e. The van der Waals surface area contributed by atoms with Crippen molar-refractivity contribution in [3.05, 3.63) is 18.6 Å². The van der Waals surface area contributed by atoms with Crippen LogP contribution in [0.25, 0.3) is 0 Å². The highest BCUT2D eigenvalue weighted by Gasteiger charge is 1.96. The van der Waals surface area contributed by atoms with Gasteiger partial charge in [-0.05, 0) is 24.7 Å². The molecule has 0 spiro atoms. The first-order chi connectivity index (χ1) is 7.33. The molecule has 15 heavy (non-hydrogen) atoms. The molecule has 0 amide bonds. The summed E-state index contributed by atoms with van der Waals surface area (Å²) in [5.41, 5.74) is 5.34. The van der Waals surface area contributed by atoms with Gasteiger partial charge >= 0.3 is 0 Å². The largest absolute Gasteiger partial charge is 0.409 e. The van der Waals surface area contributed by atoms with E-state index in [0.29, 0.717) is 12.3 Å². The van der Waals surface area contributed by atoms with Crippen LogP contribution in [0.4, 0.5) is 0 Å². The van der Waals surface area contributed by atoms with E-state index in [-0.39, 0.29) is 0 Å². The van der Waals surface area contributed by atoms with Crippen molar-refractivity contribution in [2.75, 3.05) is 5.75 Å². The zero-order valence-corrected chi connectivity index (χ0v) is 9.15. The number of hydrogen-bond donors (Lipinski definition) is 2. The molecule has 0 aromatic carbocycles. The zero-order chi connectivity index (χ0) is 10.9. The summed E-state index contributed by atoms with van der Waals surface area (Å²) in [5, 5.41) is 12.2. The lowest BCUT2D eigenvalue weighted by Crippen LogP contribution is -2.10. The lowest BCUT2D eigenvalue weighted by Gasteiger charge is -2.00. The third-order valence-electron chi connectivity index (χ3n) is 1.76. The molecular formula is C9H14N4OS. The van der Waals surface area contributed by atoms with Gasteiger partial charge < -0.3 is 10.9 Å². The Morgan fingerprint density at radius 2 is 2.40 bits per heavy atom. The van der Waals surface area contributed by atoms with Gasteiger partial charge in [0.05, 0.1) is 5.03 Å². The summed E-state index contributed by atoms with van der Waals surface area (Å²) in [7, 11) is 0. The number of aromatic nitrogens is 2. The molecular weight excluding hydrogens is 212 g/mol. The predicted octanol–water partition coefficient (Wildman–Crippen LogP) is 1.49. The van der Waals surface area contributed by atoms with Crippen molar-refractivity contribution in [1.82, 2.24) is 9.97 Å². The number of thioether (sulfide) groups is 1. The molecule has 0 aliphatic heterocycles. The minimum absolute atomic E-state index is 0.294. The number of nitrogens with two attached hydrogens (primary N) is 1. The Morgan fingerprint density at radius 3 is 3.07 bits per heavy atom. The SMILES string of the molecule is NC(CCCCSc1ccncn1)=NO. The number of unbranched alkanes of at least 4 members (excludes halogenated alkanes) is 1. The van der Waals surface area contributed by atoms with Gasteiger partial charge in [0.2, 0.25) is 0 Å². The molecule has 82 valence electrons. The summed E-state index contributed by atoms with van der Waals surface area (Å²) >= 11 is 1.69. The second-order valence-corrected chi connectivity index (χ2v) is 4.06. The van der Waals surface area contributed by atoms with Crippen LogP contribution in [0.2, 0.25) is 0 Å². The molecule has 0 radical (unpaired) electrons. The van der Waals surface area contributed by atoms with Gasteiger partial charge in [-0.1, -0.05) is 5.16 Å². The number of hydrogen-bond acceptors (Lipinski definition) is 5. The van der Waals surface area contributed by atoms with E-state index >= 15 is 0 Å². The summed E-state index contributed by atoms with van der Waals surface area (Å²) in [6.45, 7) is 0. The molecule has 0 fully saturated rings. The van der Waals surface area contributed by atoms with Gasteiger partial charge in [0, 0.05) is 12.6 Å². The van der Waals surface area contributed by atoms with Crippen LogP contribution in [0.1, 0.15) is 19.3 Å². The van der Waals surface area contributed by atoms with Gasteiger partial charge in [-0.25, -0.2) is 9.97 Å². The fourth-order valence-corrected chi connectivity index (χ4v) is 1.84. The van der Waals surface area contributed by atoms with Crippen LogP contribution in [-0.4, -0.2) is 26.8 Å². The molecule has 1 rings (SSSR count). The number of oxime groups is 1. The lowest BCUT2D eigenvalue weighted by molar-refractivity contribution is 0.316. The summed E-state index contributed by atoms with van der Waals surface area (Å²) in [5.74, 6) is 1.28. The van der Waals surface area contributed by atoms with Gasteiger partial charge in [-0.2, -0.15) is 0 Å². The highest BCUT2D eigenvalue weighted by atomic mass is 32.2. The van der Waals surface area contributed by atoms with E-state index in [1.165, 1.54) is 0 Å². The second kappa shape index (κ2) is 7.05. The molecule has 1 aromatic heterocycles. The van der Waals surface area contributed by atoms with Gasteiger partial charge in [0.25, 0.3) is 0 Å². The molecule has 5 nitrogen and oxygen atoms in total. The quantitative estimate of drug-likeness (QED) is 0.146. The van der Waals surface area contributed by atoms with Crippen LogP contribution in [0.3, 0.4) is 0 Å². The number of rotatable bonds is 6. The van der Waals surface area contributed by atoms with E-state index in [0.717, 1.165) is 23.6 Å². The second-order valence-electron chi connectivity index (χ2n) is 2.94. The van der Waals surface area contributed by atoms with Crippen molar-refractivity contribution in [2.45, 2.75) is 24.3 Å². The number of nitrogens with zero attached hydrogens (tertiary/aromatic N) is 3. The fraction of sp³-hybridized carbons (Fsp3) is 0.444. The van der Waals surface area contributed by atoms with Crippen LogP contribution in [0, 0.1) is 0 Å². The van der Waals surface area contributed by atoms with E-state index in [1.54, 1.807) is 24.3 Å². The van der Waals surface area contributed by atoms with Gasteiger partial charge in [-0.15, -0.1) is 11.8 Å². The molecule has 0 unspecified atom stereocenters.